The SMILES string of the molecule is CCNC(=NCCc1ccc(OC)c(OC)c1OC)NCCc1c[nH]c2cc(C)ccc12. The molecular weight excluding hydrogens is 404 g/mol. The Kier molecular flexibility index (Phi) is 8.25. The van der Waals surface area contributed by atoms with Crippen LogP contribution in [0.5, 0.6) is 17.2 Å². The van der Waals surface area contributed by atoms with Crippen molar-refractivity contribution in [3.63, 3.8) is 0 Å². The van der Waals surface area contributed by atoms with E-state index in [0.29, 0.717) is 23.8 Å². The van der Waals surface area contributed by atoms with E-state index in [0.717, 1.165) is 37.5 Å². The zero-order valence-electron chi connectivity index (χ0n) is 19.7. The molecule has 0 aliphatic heterocycles. The number of nitrogens with zero attached hydrogens (tertiary/aromatic N) is 1. The molecule has 3 N–H and O–H groups in total. The minimum Gasteiger partial charge on any atom is -0.493 e. The largest absolute Gasteiger partial charge is 0.493 e. The van der Waals surface area contributed by atoms with Crippen LogP contribution in [0.4, 0.5) is 0 Å². The zero-order chi connectivity index (χ0) is 22.9. The summed E-state index contributed by atoms with van der Waals surface area (Å²) in [4.78, 5) is 8.10. The summed E-state index contributed by atoms with van der Waals surface area (Å²) in [5.41, 5.74) is 4.78. The lowest BCUT2D eigenvalue weighted by Gasteiger charge is -2.15. The average molecular weight is 439 g/mol. The number of ether oxygens (including phenoxy) is 3. The average Bonchev–Trinajstić information content (AvgIpc) is 3.20. The first-order valence-electron chi connectivity index (χ1n) is 11.0. The molecule has 0 amide bonds. The first kappa shape index (κ1) is 23.3. The maximum atomic E-state index is 5.58. The van der Waals surface area contributed by atoms with Gasteiger partial charge in [0.05, 0.1) is 21.3 Å². The molecular formula is C25H34N4O3. The number of methoxy groups -OCH3 is 3. The summed E-state index contributed by atoms with van der Waals surface area (Å²) >= 11 is 0. The van der Waals surface area contributed by atoms with Gasteiger partial charge in [0.1, 0.15) is 0 Å². The Morgan fingerprint density at radius 2 is 1.75 bits per heavy atom. The normalized spacial score (nSPS) is 11.5. The molecule has 0 spiro atoms. The van der Waals surface area contributed by atoms with E-state index < -0.39 is 0 Å². The third-order valence-electron chi connectivity index (χ3n) is 5.39. The number of aryl methyl sites for hydroxylation is 1. The molecule has 0 atom stereocenters. The van der Waals surface area contributed by atoms with Crippen LogP contribution in [0, 0.1) is 6.92 Å². The second-order valence-corrected chi connectivity index (χ2v) is 7.54. The number of hydrogen-bond acceptors (Lipinski definition) is 4. The molecule has 7 nitrogen and oxygen atoms in total. The minimum atomic E-state index is 0.607. The molecule has 32 heavy (non-hydrogen) atoms. The summed E-state index contributed by atoms with van der Waals surface area (Å²) in [6.07, 6.45) is 3.73. The number of guanidine groups is 1. The molecule has 0 unspecified atom stereocenters. The second kappa shape index (κ2) is 11.3. The first-order valence-corrected chi connectivity index (χ1v) is 11.0. The first-order chi connectivity index (χ1) is 15.6. The lowest BCUT2D eigenvalue weighted by molar-refractivity contribution is 0.322. The number of nitrogens with one attached hydrogen (secondary N) is 3. The molecule has 3 rings (SSSR count). The van der Waals surface area contributed by atoms with Crippen LogP contribution in [0.3, 0.4) is 0 Å². The molecule has 0 bridgehead atoms. The Morgan fingerprint density at radius 1 is 0.938 bits per heavy atom. The van der Waals surface area contributed by atoms with Crippen LogP contribution >= 0.6 is 0 Å². The molecule has 172 valence electrons. The van der Waals surface area contributed by atoms with Crippen molar-refractivity contribution in [2.75, 3.05) is 41.0 Å². The molecule has 0 saturated heterocycles. The van der Waals surface area contributed by atoms with Crippen molar-refractivity contribution in [3.8, 4) is 17.2 Å². The summed E-state index contributed by atoms with van der Waals surface area (Å²) in [6.45, 7) is 6.40. The van der Waals surface area contributed by atoms with Crippen molar-refractivity contribution in [2.24, 2.45) is 4.99 Å². The maximum absolute atomic E-state index is 5.58. The van der Waals surface area contributed by atoms with Crippen LogP contribution in [0.25, 0.3) is 10.9 Å². The number of aliphatic imine (C=N–C) groups is 1. The summed E-state index contributed by atoms with van der Waals surface area (Å²) in [5, 5.41) is 8.04. The third-order valence-corrected chi connectivity index (χ3v) is 5.39. The van der Waals surface area contributed by atoms with Gasteiger partial charge in [-0.25, -0.2) is 0 Å². The van der Waals surface area contributed by atoms with Crippen molar-refractivity contribution in [1.29, 1.82) is 0 Å². The van der Waals surface area contributed by atoms with Crippen molar-refractivity contribution in [2.45, 2.75) is 26.7 Å². The van der Waals surface area contributed by atoms with Gasteiger partial charge in [-0.05, 0) is 49.9 Å². The number of benzene rings is 2. The highest BCUT2D eigenvalue weighted by Gasteiger charge is 2.15. The van der Waals surface area contributed by atoms with Crippen molar-refractivity contribution in [1.82, 2.24) is 15.6 Å². The van der Waals surface area contributed by atoms with E-state index in [4.69, 9.17) is 19.2 Å². The van der Waals surface area contributed by atoms with E-state index in [1.807, 2.05) is 12.1 Å². The lowest BCUT2D eigenvalue weighted by Crippen LogP contribution is -2.38. The van der Waals surface area contributed by atoms with E-state index in [1.54, 1.807) is 21.3 Å². The fraction of sp³-hybridized carbons (Fsp3) is 0.400. The van der Waals surface area contributed by atoms with E-state index in [1.165, 1.54) is 22.0 Å². The number of rotatable bonds is 10. The smallest absolute Gasteiger partial charge is 0.203 e. The standard InChI is InChI=1S/C25H34N4O3/c1-6-26-25(28-14-12-19-16-29-21-15-17(2)7-9-20(19)21)27-13-11-18-8-10-22(30-3)24(32-5)23(18)31-4/h7-10,15-16,29H,6,11-14H2,1-5H3,(H2,26,27,28). The van der Waals surface area contributed by atoms with E-state index >= 15 is 0 Å². The van der Waals surface area contributed by atoms with Gasteiger partial charge >= 0.3 is 0 Å². The molecule has 3 aromatic rings. The molecule has 0 aliphatic rings. The van der Waals surface area contributed by atoms with Crippen LogP contribution in [0.1, 0.15) is 23.6 Å². The predicted molar refractivity (Wildman–Crippen MR) is 131 cm³/mol. The summed E-state index contributed by atoms with van der Waals surface area (Å²) in [6, 6.07) is 10.4. The summed E-state index contributed by atoms with van der Waals surface area (Å²) < 4.78 is 16.4. The highest BCUT2D eigenvalue weighted by molar-refractivity contribution is 5.84. The highest BCUT2D eigenvalue weighted by Crippen LogP contribution is 2.39. The van der Waals surface area contributed by atoms with Crippen LogP contribution in [0.15, 0.2) is 41.5 Å². The van der Waals surface area contributed by atoms with Gasteiger partial charge < -0.3 is 29.8 Å². The quantitative estimate of drug-likeness (QED) is 0.331. The molecule has 1 heterocycles. The van der Waals surface area contributed by atoms with Gasteiger partial charge in [0.25, 0.3) is 0 Å². The molecule has 0 aliphatic carbocycles. The second-order valence-electron chi connectivity index (χ2n) is 7.54. The Hall–Kier alpha value is -3.35. The number of aromatic amines is 1. The molecule has 1 aromatic heterocycles. The topological polar surface area (TPSA) is 79.9 Å². The Morgan fingerprint density at radius 3 is 2.47 bits per heavy atom. The minimum absolute atomic E-state index is 0.607. The van der Waals surface area contributed by atoms with Crippen molar-refractivity contribution >= 4 is 16.9 Å². The number of aromatic nitrogens is 1. The summed E-state index contributed by atoms with van der Waals surface area (Å²) in [5.74, 6) is 2.76. The van der Waals surface area contributed by atoms with Crippen molar-refractivity contribution < 1.29 is 14.2 Å². The Balaban J connectivity index is 1.61. The van der Waals surface area contributed by atoms with Gasteiger partial charge in [0.15, 0.2) is 17.5 Å². The monoisotopic (exact) mass is 438 g/mol. The Labute approximate surface area is 190 Å². The van der Waals surface area contributed by atoms with Crippen LogP contribution in [-0.2, 0) is 12.8 Å². The van der Waals surface area contributed by atoms with Gasteiger partial charge in [-0.3, -0.25) is 4.99 Å². The van der Waals surface area contributed by atoms with Crippen LogP contribution in [-0.4, -0.2) is 51.9 Å². The molecule has 7 heteroatoms. The number of hydrogen-bond donors (Lipinski definition) is 3. The summed E-state index contributed by atoms with van der Waals surface area (Å²) in [7, 11) is 4.87. The van der Waals surface area contributed by atoms with Gasteiger partial charge in [-0.1, -0.05) is 18.2 Å². The molecule has 0 fully saturated rings. The molecule has 0 radical (unpaired) electrons. The third kappa shape index (κ3) is 5.46. The van der Waals surface area contributed by atoms with Crippen molar-refractivity contribution in [3.05, 3.63) is 53.2 Å². The van der Waals surface area contributed by atoms with Crippen LogP contribution < -0.4 is 24.8 Å². The number of fused-ring (bicyclic) bond motifs is 1. The van der Waals surface area contributed by atoms with E-state index in [-0.39, 0.29) is 0 Å². The van der Waals surface area contributed by atoms with Crippen LogP contribution in [0.2, 0.25) is 0 Å². The zero-order valence-corrected chi connectivity index (χ0v) is 19.7. The van der Waals surface area contributed by atoms with Gasteiger partial charge in [0.2, 0.25) is 5.75 Å². The number of H-pyrrole nitrogens is 1. The fourth-order valence-electron chi connectivity index (χ4n) is 3.81. The highest BCUT2D eigenvalue weighted by atomic mass is 16.5. The predicted octanol–water partition coefficient (Wildman–Crippen LogP) is 3.84. The lowest BCUT2D eigenvalue weighted by atomic mass is 10.1. The molecule has 2 aromatic carbocycles. The van der Waals surface area contributed by atoms with Gasteiger partial charge in [0, 0.05) is 42.3 Å². The van der Waals surface area contributed by atoms with E-state index in [2.05, 4.69) is 53.9 Å². The Bertz CT molecular complexity index is 1060. The van der Waals surface area contributed by atoms with Gasteiger partial charge in [-0.2, -0.15) is 0 Å². The maximum Gasteiger partial charge on any atom is 0.203 e. The van der Waals surface area contributed by atoms with E-state index in [9.17, 15) is 0 Å². The molecule has 0 saturated carbocycles. The fourth-order valence-corrected chi connectivity index (χ4v) is 3.81. The van der Waals surface area contributed by atoms with Gasteiger partial charge in [-0.15, -0.1) is 0 Å².